The third-order valence-corrected chi connectivity index (χ3v) is 4.23. The molecule has 0 saturated carbocycles. The van der Waals surface area contributed by atoms with E-state index in [2.05, 4.69) is 0 Å². The van der Waals surface area contributed by atoms with Crippen LogP contribution < -0.4 is 0 Å². The maximum absolute atomic E-state index is 12.8. The lowest BCUT2D eigenvalue weighted by Gasteiger charge is -2.37. The Morgan fingerprint density at radius 2 is 1.75 bits per heavy atom. The standard InChI is InChI=1S/C19H16F3NO/c20-19(21,22)16-8-6-15(7-9-16)18-17-5-2-1-4-14(17)10-12-23(18)11-3-13-24/h1-9,11,13,18H,10,12H2. The summed E-state index contributed by atoms with van der Waals surface area (Å²) in [6.07, 6.45) is 0.289. The number of fused-ring (bicyclic) bond motifs is 1. The number of carbonyl (C=O) groups excluding carboxylic acids is 1. The predicted octanol–water partition coefficient (Wildman–Crippen LogP) is 4.37. The van der Waals surface area contributed by atoms with Gasteiger partial charge in [0.25, 0.3) is 0 Å². The molecule has 3 rings (SSSR count). The van der Waals surface area contributed by atoms with Gasteiger partial charge in [-0.05, 0) is 41.3 Å². The summed E-state index contributed by atoms with van der Waals surface area (Å²) in [5.74, 6) is 0. The molecule has 1 atom stereocenters. The van der Waals surface area contributed by atoms with Crippen LogP contribution in [0, 0.1) is 0 Å². The van der Waals surface area contributed by atoms with Gasteiger partial charge in [-0.15, -0.1) is 0 Å². The van der Waals surface area contributed by atoms with Crippen LogP contribution in [0.25, 0.3) is 0 Å². The van der Waals surface area contributed by atoms with Crippen molar-refractivity contribution in [3.63, 3.8) is 0 Å². The first-order valence-electron chi connectivity index (χ1n) is 7.63. The Labute approximate surface area is 138 Å². The smallest absolute Gasteiger partial charge is 0.366 e. The monoisotopic (exact) mass is 331 g/mol. The number of benzene rings is 2. The van der Waals surface area contributed by atoms with Gasteiger partial charge in [-0.3, -0.25) is 4.79 Å². The Balaban J connectivity index is 2.03. The first-order valence-corrected chi connectivity index (χ1v) is 7.63. The summed E-state index contributed by atoms with van der Waals surface area (Å²) in [5, 5.41) is 0. The van der Waals surface area contributed by atoms with Gasteiger partial charge in [0.15, 0.2) is 0 Å². The van der Waals surface area contributed by atoms with Gasteiger partial charge in [0, 0.05) is 12.7 Å². The molecule has 124 valence electrons. The summed E-state index contributed by atoms with van der Waals surface area (Å²) in [6, 6.07) is 12.9. The van der Waals surface area contributed by atoms with Gasteiger partial charge in [-0.1, -0.05) is 36.4 Å². The van der Waals surface area contributed by atoms with E-state index < -0.39 is 11.7 Å². The fourth-order valence-corrected chi connectivity index (χ4v) is 3.12. The van der Waals surface area contributed by atoms with E-state index in [4.69, 9.17) is 0 Å². The lowest BCUT2D eigenvalue weighted by Crippen LogP contribution is -2.32. The van der Waals surface area contributed by atoms with E-state index in [0.29, 0.717) is 12.8 Å². The van der Waals surface area contributed by atoms with Crippen LogP contribution in [-0.4, -0.2) is 17.7 Å². The van der Waals surface area contributed by atoms with Gasteiger partial charge in [-0.2, -0.15) is 13.2 Å². The summed E-state index contributed by atoms with van der Waals surface area (Å²) in [6.45, 7) is 0.701. The topological polar surface area (TPSA) is 20.3 Å². The first kappa shape index (κ1) is 16.3. The molecule has 0 spiro atoms. The van der Waals surface area contributed by atoms with Crippen LogP contribution in [0.1, 0.15) is 28.3 Å². The van der Waals surface area contributed by atoms with Crippen molar-refractivity contribution in [2.24, 2.45) is 0 Å². The van der Waals surface area contributed by atoms with Crippen molar-refractivity contribution in [2.45, 2.75) is 18.6 Å². The van der Waals surface area contributed by atoms with Gasteiger partial charge in [0.1, 0.15) is 6.29 Å². The second kappa shape index (κ2) is 6.51. The highest BCUT2D eigenvalue weighted by molar-refractivity contribution is 5.64. The highest BCUT2D eigenvalue weighted by Crippen LogP contribution is 2.37. The summed E-state index contributed by atoms with van der Waals surface area (Å²) in [7, 11) is 0. The average molecular weight is 331 g/mol. The molecule has 1 unspecified atom stereocenters. The number of hydrogen-bond donors (Lipinski definition) is 0. The third-order valence-electron chi connectivity index (χ3n) is 4.23. The molecule has 0 aliphatic carbocycles. The number of allylic oxidation sites excluding steroid dienone is 1. The predicted molar refractivity (Wildman–Crippen MR) is 85.3 cm³/mol. The highest BCUT2D eigenvalue weighted by Gasteiger charge is 2.31. The molecule has 0 saturated heterocycles. The average Bonchev–Trinajstić information content (AvgIpc) is 2.58. The summed E-state index contributed by atoms with van der Waals surface area (Å²) < 4.78 is 38.4. The molecule has 1 aliphatic heterocycles. The van der Waals surface area contributed by atoms with E-state index in [0.717, 1.165) is 29.7 Å². The number of hydrogen-bond acceptors (Lipinski definition) is 2. The Hall–Kier alpha value is -2.56. The number of nitrogens with zero attached hydrogens (tertiary/aromatic N) is 1. The molecule has 2 nitrogen and oxygen atoms in total. The zero-order chi connectivity index (χ0) is 17.2. The van der Waals surface area contributed by atoms with Crippen molar-refractivity contribution in [3.8, 4) is 0 Å². The van der Waals surface area contributed by atoms with E-state index in [1.807, 2.05) is 29.2 Å². The maximum atomic E-state index is 12.8. The maximum Gasteiger partial charge on any atom is 0.416 e. The Kier molecular flexibility index (Phi) is 4.42. The molecule has 5 heteroatoms. The minimum Gasteiger partial charge on any atom is -0.366 e. The van der Waals surface area contributed by atoms with Gasteiger partial charge in [-0.25, -0.2) is 0 Å². The molecule has 24 heavy (non-hydrogen) atoms. The van der Waals surface area contributed by atoms with Crippen molar-refractivity contribution < 1.29 is 18.0 Å². The van der Waals surface area contributed by atoms with E-state index in [-0.39, 0.29) is 6.04 Å². The molecule has 2 aromatic carbocycles. The molecule has 2 aromatic rings. The minimum atomic E-state index is -4.35. The minimum absolute atomic E-state index is 0.201. The molecule has 0 N–H and O–H groups in total. The van der Waals surface area contributed by atoms with Gasteiger partial charge >= 0.3 is 6.18 Å². The summed E-state index contributed by atoms with van der Waals surface area (Å²) in [4.78, 5) is 12.6. The second-order valence-electron chi connectivity index (χ2n) is 5.69. The van der Waals surface area contributed by atoms with Crippen LogP contribution in [0.2, 0.25) is 0 Å². The molecule has 1 heterocycles. The summed E-state index contributed by atoms with van der Waals surface area (Å²) in [5.41, 5.74) is 2.34. The van der Waals surface area contributed by atoms with Crippen molar-refractivity contribution in [3.05, 3.63) is 83.1 Å². The van der Waals surface area contributed by atoms with Crippen LogP contribution in [0.3, 0.4) is 0 Å². The van der Waals surface area contributed by atoms with Crippen molar-refractivity contribution in [1.82, 2.24) is 4.90 Å². The molecule has 0 radical (unpaired) electrons. The zero-order valence-corrected chi connectivity index (χ0v) is 12.8. The highest BCUT2D eigenvalue weighted by atomic mass is 19.4. The van der Waals surface area contributed by atoms with Crippen molar-refractivity contribution in [1.29, 1.82) is 0 Å². The second-order valence-corrected chi connectivity index (χ2v) is 5.69. The van der Waals surface area contributed by atoms with Gasteiger partial charge < -0.3 is 4.90 Å². The zero-order valence-electron chi connectivity index (χ0n) is 12.8. The molecule has 0 fully saturated rings. The lowest BCUT2D eigenvalue weighted by molar-refractivity contribution is -0.137. The molecule has 0 aromatic heterocycles. The van der Waals surface area contributed by atoms with E-state index in [9.17, 15) is 18.0 Å². The quantitative estimate of drug-likeness (QED) is 0.615. The normalized spacial score (nSPS) is 17.8. The Morgan fingerprint density at radius 3 is 2.42 bits per heavy atom. The molecule has 0 bridgehead atoms. The molecule has 1 aliphatic rings. The van der Waals surface area contributed by atoms with Crippen LogP contribution in [0.4, 0.5) is 13.2 Å². The van der Waals surface area contributed by atoms with Crippen LogP contribution in [-0.2, 0) is 17.4 Å². The van der Waals surface area contributed by atoms with E-state index >= 15 is 0 Å². The van der Waals surface area contributed by atoms with Gasteiger partial charge in [0.05, 0.1) is 11.6 Å². The fourth-order valence-electron chi connectivity index (χ4n) is 3.12. The van der Waals surface area contributed by atoms with Crippen LogP contribution in [0.5, 0.6) is 0 Å². The van der Waals surface area contributed by atoms with E-state index in [1.165, 1.54) is 23.8 Å². The summed E-state index contributed by atoms with van der Waals surface area (Å²) >= 11 is 0. The largest absolute Gasteiger partial charge is 0.416 e. The number of aldehydes is 1. The number of alkyl halides is 3. The molecule has 0 amide bonds. The number of rotatable bonds is 3. The molecular formula is C19H16F3NO. The first-order chi connectivity index (χ1) is 11.5. The van der Waals surface area contributed by atoms with Crippen LogP contribution in [0.15, 0.2) is 60.8 Å². The molecular weight excluding hydrogens is 315 g/mol. The van der Waals surface area contributed by atoms with Crippen molar-refractivity contribution >= 4 is 6.29 Å². The van der Waals surface area contributed by atoms with Crippen molar-refractivity contribution in [2.75, 3.05) is 6.54 Å². The SMILES string of the molecule is O=CC=CN1CCc2ccccc2C1c1ccc(C(F)(F)F)cc1. The van der Waals surface area contributed by atoms with Gasteiger partial charge in [0.2, 0.25) is 0 Å². The lowest BCUT2D eigenvalue weighted by atomic mass is 9.88. The van der Waals surface area contributed by atoms with Crippen LogP contribution >= 0.6 is 0 Å². The van der Waals surface area contributed by atoms with E-state index in [1.54, 1.807) is 6.20 Å². The third kappa shape index (κ3) is 3.20. The number of halogens is 3. The fraction of sp³-hybridized carbons (Fsp3) is 0.211. The Bertz CT molecular complexity index is 750. The Morgan fingerprint density at radius 1 is 1.04 bits per heavy atom. The number of carbonyl (C=O) groups is 1.